The van der Waals surface area contributed by atoms with Crippen molar-refractivity contribution in [3.63, 3.8) is 0 Å². The molecule has 0 atom stereocenters. The fraction of sp³-hybridized carbons (Fsp3) is 0.500. The number of nitrogens with one attached hydrogen (secondary N) is 1. The summed E-state index contributed by atoms with van der Waals surface area (Å²) in [7, 11) is 0. The van der Waals surface area contributed by atoms with Crippen LogP contribution in [0.1, 0.15) is 19.2 Å². The third-order valence-corrected chi connectivity index (χ3v) is 1.30. The molecule has 0 saturated carbocycles. The van der Waals surface area contributed by atoms with Gasteiger partial charge in [0, 0.05) is 6.42 Å². The van der Waals surface area contributed by atoms with Gasteiger partial charge in [0.15, 0.2) is 0 Å². The molecule has 0 radical (unpaired) electrons. The van der Waals surface area contributed by atoms with Gasteiger partial charge in [0.25, 0.3) is 0 Å². The molecule has 1 heterocycles. The Kier molecular flexibility index (Phi) is 2.50. The fourth-order valence-corrected chi connectivity index (χ4v) is 0.860. The summed E-state index contributed by atoms with van der Waals surface area (Å²) < 4.78 is 0.558. The molecule has 1 N–H and O–H groups in total. The van der Waals surface area contributed by atoms with Crippen molar-refractivity contribution in [1.82, 2.24) is 15.2 Å². The molecule has 10 heavy (non-hydrogen) atoms. The molecular formula is C6H9N3S. The van der Waals surface area contributed by atoms with Gasteiger partial charge in [-0.2, -0.15) is 5.10 Å². The predicted molar refractivity (Wildman–Crippen MR) is 41.2 cm³/mol. The zero-order valence-electron chi connectivity index (χ0n) is 5.79. The van der Waals surface area contributed by atoms with Gasteiger partial charge in [-0.1, -0.05) is 19.1 Å². The highest BCUT2D eigenvalue weighted by atomic mass is 32.1. The maximum atomic E-state index is 4.82. The summed E-state index contributed by atoms with van der Waals surface area (Å²) in [5.74, 6) is 0.870. The van der Waals surface area contributed by atoms with Crippen molar-refractivity contribution in [2.75, 3.05) is 0 Å². The SMILES string of the molecule is CCCc1nc(=S)cn[nH]1. The maximum Gasteiger partial charge on any atom is 0.148 e. The third-order valence-electron chi connectivity index (χ3n) is 1.10. The van der Waals surface area contributed by atoms with Crippen molar-refractivity contribution in [2.24, 2.45) is 0 Å². The number of rotatable bonds is 2. The van der Waals surface area contributed by atoms with E-state index in [0.29, 0.717) is 4.64 Å². The second kappa shape index (κ2) is 3.41. The number of aromatic nitrogens is 3. The summed E-state index contributed by atoms with van der Waals surface area (Å²) in [5.41, 5.74) is 0. The Balaban J connectivity index is 2.85. The van der Waals surface area contributed by atoms with Crippen LogP contribution in [0, 0.1) is 4.64 Å². The Labute approximate surface area is 64.5 Å². The van der Waals surface area contributed by atoms with Crippen LogP contribution >= 0.6 is 12.2 Å². The summed E-state index contributed by atoms with van der Waals surface area (Å²) in [6, 6.07) is 0. The van der Waals surface area contributed by atoms with Crippen LogP contribution in [0.5, 0.6) is 0 Å². The van der Waals surface area contributed by atoms with Crippen molar-refractivity contribution in [1.29, 1.82) is 0 Å². The minimum Gasteiger partial charge on any atom is -0.265 e. The molecule has 0 bridgehead atoms. The first kappa shape index (κ1) is 7.34. The van der Waals surface area contributed by atoms with E-state index < -0.39 is 0 Å². The van der Waals surface area contributed by atoms with Crippen LogP contribution < -0.4 is 0 Å². The Morgan fingerprint density at radius 3 is 3.10 bits per heavy atom. The van der Waals surface area contributed by atoms with Gasteiger partial charge in [0.2, 0.25) is 0 Å². The first-order valence-corrected chi connectivity index (χ1v) is 3.64. The van der Waals surface area contributed by atoms with Crippen LogP contribution in [-0.4, -0.2) is 15.2 Å². The van der Waals surface area contributed by atoms with Crippen LogP contribution in [-0.2, 0) is 6.42 Å². The molecule has 0 amide bonds. The van der Waals surface area contributed by atoms with E-state index in [1.807, 2.05) is 0 Å². The van der Waals surface area contributed by atoms with E-state index in [9.17, 15) is 0 Å². The summed E-state index contributed by atoms with van der Waals surface area (Å²) in [4.78, 5) is 4.06. The molecule has 0 spiro atoms. The monoisotopic (exact) mass is 155 g/mol. The molecule has 0 saturated heterocycles. The highest BCUT2D eigenvalue weighted by Crippen LogP contribution is 1.91. The van der Waals surface area contributed by atoms with Gasteiger partial charge in [0.05, 0.1) is 6.20 Å². The van der Waals surface area contributed by atoms with Gasteiger partial charge in [0.1, 0.15) is 10.5 Å². The topological polar surface area (TPSA) is 41.6 Å². The number of aromatic amines is 1. The Hall–Kier alpha value is -0.770. The van der Waals surface area contributed by atoms with E-state index in [4.69, 9.17) is 12.2 Å². The number of hydrogen-bond donors (Lipinski definition) is 1. The molecule has 4 heteroatoms. The second-order valence-corrected chi connectivity index (χ2v) is 2.44. The van der Waals surface area contributed by atoms with Crippen molar-refractivity contribution in [3.05, 3.63) is 16.7 Å². The lowest BCUT2D eigenvalue weighted by atomic mass is 10.3. The molecule has 1 aromatic rings. The minimum absolute atomic E-state index is 0.558. The van der Waals surface area contributed by atoms with Crippen molar-refractivity contribution < 1.29 is 0 Å². The van der Waals surface area contributed by atoms with Gasteiger partial charge in [-0.25, -0.2) is 4.98 Å². The Morgan fingerprint density at radius 1 is 1.70 bits per heavy atom. The lowest BCUT2D eigenvalue weighted by Gasteiger charge is -1.93. The lowest BCUT2D eigenvalue weighted by molar-refractivity contribution is 0.782. The molecule has 3 nitrogen and oxygen atoms in total. The Bertz CT molecular complexity index is 255. The standard InChI is InChI=1S/C6H9N3S/c1-2-3-5-8-6(10)4-7-9-5/h4H,2-3H2,1H3,(H,8,9,10). The molecular weight excluding hydrogens is 146 g/mol. The lowest BCUT2D eigenvalue weighted by Crippen LogP contribution is -1.95. The van der Waals surface area contributed by atoms with Crippen molar-refractivity contribution in [2.45, 2.75) is 19.8 Å². The fourth-order valence-electron chi connectivity index (χ4n) is 0.697. The number of aryl methyl sites for hydroxylation is 1. The third kappa shape index (κ3) is 1.88. The number of hydrogen-bond acceptors (Lipinski definition) is 3. The van der Waals surface area contributed by atoms with Crippen LogP contribution in [0.2, 0.25) is 0 Å². The van der Waals surface area contributed by atoms with E-state index in [0.717, 1.165) is 18.7 Å². The zero-order valence-corrected chi connectivity index (χ0v) is 6.61. The van der Waals surface area contributed by atoms with E-state index in [1.165, 1.54) is 6.20 Å². The zero-order chi connectivity index (χ0) is 7.40. The van der Waals surface area contributed by atoms with Gasteiger partial charge < -0.3 is 0 Å². The molecule has 1 rings (SSSR count). The molecule has 0 aliphatic carbocycles. The van der Waals surface area contributed by atoms with Gasteiger partial charge in [-0.05, 0) is 6.42 Å². The average molecular weight is 155 g/mol. The van der Waals surface area contributed by atoms with Crippen LogP contribution in [0.25, 0.3) is 0 Å². The molecule has 0 aromatic carbocycles. The van der Waals surface area contributed by atoms with E-state index in [-0.39, 0.29) is 0 Å². The Morgan fingerprint density at radius 2 is 2.50 bits per heavy atom. The minimum atomic E-state index is 0.558. The normalized spacial score (nSPS) is 9.70. The quantitative estimate of drug-likeness (QED) is 0.658. The number of H-pyrrole nitrogens is 1. The second-order valence-electron chi connectivity index (χ2n) is 2.02. The summed E-state index contributed by atoms with van der Waals surface area (Å²) in [6.07, 6.45) is 3.51. The average Bonchev–Trinajstić information content (AvgIpc) is 1.88. The summed E-state index contributed by atoms with van der Waals surface area (Å²) in [6.45, 7) is 2.09. The molecule has 0 unspecified atom stereocenters. The van der Waals surface area contributed by atoms with Crippen LogP contribution in [0.15, 0.2) is 6.20 Å². The van der Waals surface area contributed by atoms with Gasteiger partial charge in [-0.3, -0.25) is 5.10 Å². The first-order chi connectivity index (χ1) is 4.83. The molecule has 54 valence electrons. The van der Waals surface area contributed by atoms with Crippen molar-refractivity contribution >= 4 is 12.2 Å². The summed E-state index contributed by atoms with van der Waals surface area (Å²) >= 11 is 4.82. The highest BCUT2D eigenvalue weighted by molar-refractivity contribution is 7.71. The molecule has 0 aliphatic rings. The molecule has 0 fully saturated rings. The van der Waals surface area contributed by atoms with Gasteiger partial charge >= 0.3 is 0 Å². The van der Waals surface area contributed by atoms with E-state index in [1.54, 1.807) is 0 Å². The highest BCUT2D eigenvalue weighted by Gasteiger charge is 1.89. The smallest absolute Gasteiger partial charge is 0.148 e. The molecule has 0 aliphatic heterocycles. The van der Waals surface area contributed by atoms with E-state index >= 15 is 0 Å². The first-order valence-electron chi connectivity index (χ1n) is 3.23. The maximum absolute atomic E-state index is 4.82. The van der Waals surface area contributed by atoms with E-state index in [2.05, 4.69) is 22.1 Å². The largest absolute Gasteiger partial charge is 0.265 e. The van der Waals surface area contributed by atoms with Crippen LogP contribution in [0.4, 0.5) is 0 Å². The van der Waals surface area contributed by atoms with Gasteiger partial charge in [-0.15, -0.1) is 0 Å². The van der Waals surface area contributed by atoms with Crippen LogP contribution in [0.3, 0.4) is 0 Å². The van der Waals surface area contributed by atoms with Crippen molar-refractivity contribution in [3.8, 4) is 0 Å². The predicted octanol–water partition coefficient (Wildman–Crippen LogP) is 1.49. The molecule has 1 aromatic heterocycles. The summed E-state index contributed by atoms with van der Waals surface area (Å²) in [5, 5.41) is 6.59. The number of nitrogens with zero attached hydrogens (tertiary/aromatic N) is 2.